The molecule has 2 N–H and O–H groups in total. The van der Waals surface area contributed by atoms with E-state index in [9.17, 15) is 15.2 Å². The first kappa shape index (κ1) is 14.1. The number of benzene rings is 1. The lowest BCUT2D eigenvalue weighted by Gasteiger charge is -2.00. The Morgan fingerprint density at radius 2 is 1.94 bits per heavy atom. The highest BCUT2D eigenvalue weighted by Crippen LogP contribution is 2.13. The summed E-state index contributed by atoms with van der Waals surface area (Å²) in [5.74, 6) is 0. The molecular formula is C13H15NO4. The molecule has 0 unspecified atom stereocenters. The predicted octanol–water partition coefficient (Wildman–Crippen LogP) is 1.91. The molecule has 1 aromatic rings. The molecule has 18 heavy (non-hydrogen) atoms. The van der Waals surface area contributed by atoms with Gasteiger partial charge in [-0.05, 0) is 24.1 Å². The van der Waals surface area contributed by atoms with Gasteiger partial charge in [-0.1, -0.05) is 24.3 Å². The lowest BCUT2D eigenvalue weighted by molar-refractivity contribution is -0.384. The van der Waals surface area contributed by atoms with Gasteiger partial charge in [0.15, 0.2) is 0 Å². The lowest BCUT2D eigenvalue weighted by Crippen LogP contribution is -1.99. The average Bonchev–Trinajstić information content (AvgIpc) is 2.37. The van der Waals surface area contributed by atoms with Crippen molar-refractivity contribution in [1.29, 1.82) is 0 Å². The van der Waals surface area contributed by atoms with E-state index < -0.39 is 11.0 Å². The van der Waals surface area contributed by atoms with Crippen molar-refractivity contribution in [3.05, 3.63) is 58.2 Å². The van der Waals surface area contributed by atoms with Crippen LogP contribution >= 0.6 is 0 Å². The molecule has 5 heteroatoms. The van der Waals surface area contributed by atoms with Crippen molar-refractivity contribution in [2.24, 2.45) is 0 Å². The first-order valence-corrected chi connectivity index (χ1v) is 5.50. The number of hydrogen-bond donors (Lipinski definition) is 2. The van der Waals surface area contributed by atoms with Crippen molar-refractivity contribution in [3.63, 3.8) is 0 Å². The van der Waals surface area contributed by atoms with Crippen LogP contribution < -0.4 is 0 Å². The fraction of sp³-hybridized carbons (Fsp3) is 0.231. The van der Waals surface area contributed by atoms with Crippen LogP contribution in [0.2, 0.25) is 0 Å². The second kappa shape index (κ2) is 7.37. The number of aliphatic hydroxyl groups excluding tert-OH is 2. The molecule has 0 heterocycles. The Kier molecular flexibility index (Phi) is 5.76. The normalized spacial score (nSPS) is 13.2. The van der Waals surface area contributed by atoms with Gasteiger partial charge in [-0.15, -0.1) is 0 Å². The quantitative estimate of drug-likeness (QED) is 0.458. The van der Waals surface area contributed by atoms with Crippen LogP contribution in [0.5, 0.6) is 0 Å². The maximum absolute atomic E-state index is 10.4. The zero-order valence-electron chi connectivity index (χ0n) is 9.77. The van der Waals surface area contributed by atoms with Crippen LogP contribution in [-0.2, 0) is 0 Å². The van der Waals surface area contributed by atoms with E-state index in [0.717, 1.165) is 5.56 Å². The second-order valence-electron chi connectivity index (χ2n) is 3.66. The van der Waals surface area contributed by atoms with Crippen molar-refractivity contribution in [2.45, 2.75) is 12.5 Å². The summed E-state index contributed by atoms with van der Waals surface area (Å²) in [6.45, 7) is -0.0429. The van der Waals surface area contributed by atoms with Crippen LogP contribution in [0, 0.1) is 10.1 Å². The van der Waals surface area contributed by atoms with Gasteiger partial charge < -0.3 is 10.2 Å². The molecule has 0 spiro atoms. The number of rotatable bonds is 6. The second-order valence-corrected chi connectivity index (χ2v) is 3.66. The molecule has 5 nitrogen and oxygen atoms in total. The summed E-state index contributed by atoms with van der Waals surface area (Å²) in [5.41, 5.74) is 0.823. The van der Waals surface area contributed by atoms with Crippen LogP contribution in [0.1, 0.15) is 12.0 Å². The van der Waals surface area contributed by atoms with Crippen molar-refractivity contribution in [1.82, 2.24) is 0 Å². The summed E-state index contributed by atoms with van der Waals surface area (Å²) in [4.78, 5) is 9.99. The zero-order valence-corrected chi connectivity index (χ0v) is 9.77. The molecule has 1 rings (SSSR count). The molecule has 1 aromatic carbocycles. The van der Waals surface area contributed by atoms with Crippen LogP contribution in [0.4, 0.5) is 5.69 Å². The van der Waals surface area contributed by atoms with E-state index in [-0.39, 0.29) is 12.3 Å². The van der Waals surface area contributed by atoms with Gasteiger partial charge in [0, 0.05) is 12.1 Å². The van der Waals surface area contributed by atoms with Crippen LogP contribution in [0.15, 0.2) is 42.5 Å². The van der Waals surface area contributed by atoms with E-state index in [1.807, 2.05) is 0 Å². The Morgan fingerprint density at radius 1 is 1.28 bits per heavy atom. The first-order chi connectivity index (χ1) is 8.63. The van der Waals surface area contributed by atoms with E-state index in [0.29, 0.717) is 6.42 Å². The first-order valence-electron chi connectivity index (χ1n) is 5.50. The van der Waals surface area contributed by atoms with Crippen molar-refractivity contribution < 1.29 is 15.1 Å². The maximum atomic E-state index is 10.4. The van der Waals surface area contributed by atoms with E-state index in [2.05, 4.69) is 0 Å². The largest absolute Gasteiger partial charge is 0.392 e. The third kappa shape index (κ3) is 4.90. The standard InChI is InChI=1S/C13H15NO4/c15-10-2-1-3-13(16)9-6-11-4-7-12(8-5-11)14(17)18/h1-2,4-9,13,15-16H,3,10H2/b2-1-,9-6+/t13-/m1/s1. The van der Waals surface area contributed by atoms with Crippen molar-refractivity contribution in [3.8, 4) is 0 Å². The predicted molar refractivity (Wildman–Crippen MR) is 69.0 cm³/mol. The van der Waals surface area contributed by atoms with Gasteiger partial charge >= 0.3 is 0 Å². The SMILES string of the molecule is O=[N+]([O-])c1ccc(/C=C/[C@H](O)C/C=C\CO)cc1. The molecule has 0 amide bonds. The minimum absolute atomic E-state index is 0.0403. The molecule has 1 atom stereocenters. The van der Waals surface area contributed by atoms with E-state index in [1.165, 1.54) is 12.1 Å². The Morgan fingerprint density at radius 3 is 2.50 bits per heavy atom. The number of aliphatic hydroxyl groups is 2. The van der Waals surface area contributed by atoms with Crippen LogP contribution in [0.25, 0.3) is 6.08 Å². The molecular weight excluding hydrogens is 234 g/mol. The summed E-state index contributed by atoms with van der Waals surface area (Å²) >= 11 is 0. The van der Waals surface area contributed by atoms with Crippen molar-refractivity contribution in [2.75, 3.05) is 6.61 Å². The monoisotopic (exact) mass is 249 g/mol. The van der Waals surface area contributed by atoms with Gasteiger partial charge in [0.25, 0.3) is 5.69 Å². The summed E-state index contributed by atoms with van der Waals surface area (Å²) in [6.07, 6.45) is 6.32. The van der Waals surface area contributed by atoms with E-state index in [1.54, 1.807) is 36.4 Å². The Bertz CT molecular complexity index is 437. The van der Waals surface area contributed by atoms with Gasteiger partial charge in [-0.3, -0.25) is 10.1 Å². The van der Waals surface area contributed by atoms with E-state index in [4.69, 9.17) is 5.11 Å². The number of hydrogen-bond acceptors (Lipinski definition) is 4. The fourth-order valence-corrected chi connectivity index (χ4v) is 1.32. The highest BCUT2D eigenvalue weighted by atomic mass is 16.6. The summed E-state index contributed by atoms with van der Waals surface area (Å²) < 4.78 is 0. The third-order valence-corrected chi connectivity index (χ3v) is 2.26. The number of nitrogens with zero attached hydrogens (tertiary/aromatic N) is 1. The molecule has 0 aliphatic rings. The highest BCUT2D eigenvalue weighted by Gasteiger charge is 2.02. The molecule has 0 saturated carbocycles. The van der Waals surface area contributed by atoms with Crippen LogP contribution in [0.3, 0.4) is 0 Å². The minimum Gasteiger partial charge on any atom is -0.392 e. The smallest absolute Gasteiger partial charge is 0.269 e. The average molecular weight is 249 g/mol. The van der Waals surface area contributed by atoms with E-state index >= 15 is 0 Å². The fourth-order valence-electron chi connectivity index (χ4n) is 1.32. The Hall–Kier alpha value is -1.98. The summed E-state index contributed by atoms with van der Waals surface area (Å²) in [7, 11) is 0. The maximum Gasteiger partial charge on any atom is 0.269 e. The summed E-state index contributed by atoms with van der Waals surface area (Å²) in [5, 5.41) is 28.5. The Labute approximate surface area is 105 Å². The number of non-ortho nitro benzene ring substituents is 1. The zero-order chi connectivity index (χ0) is 13.4. The molecule has 0 aromatic heterocycles. The van der Waals surface area contributed by atoms with Gasteiger partial charge in [-0.25, -0.2) is 0 Å². The van der Waals surface area contributed by atoms with Crippen molar-refractivity contribution >= 4 is 11.8 Å². The van der Waals surface area contributed by atoms with Gasteiger partial charge in [0.1, 0.15) is 0 Å². The molecule has 0 fully saturated rings. The summed E-state index contributed by atoms with van der Waals surface area (Å²) in [6, 6.07) is 6.06. The highest BCUT2D eigenvalue weighted by molar-refractivity contribution is 5.52. The van der Waals surface area contributed by atoms with Gasteiger partial charge in [0.2, 0.25) is 0 Å². The molecule has 96 valence electrons. The minimum atomic E-state index is -0.636. The molecule has 0 bridgehead atoms. The Balaban J connectivity index is 2.56. The number of nitro groups is 1. The number of nitro benzene ring substituents is 1. The molecule has 0 aliphatic carbocycles. The third-order valence-electron chi connectivity index (χ3n) is 2.26. The van der Waals surface area contributed by atoms with Gasteiger partial charge in [-0.2, -0.15) is 0 Å². The molecule has 0 saturated heterocycles. The topological polar surface area (TPSA) is 83.6 Å². The lowest BCUT2D eigenvalue weighted by atomic mass is 10.1. The van der Waals surface area contributed by atoms with Gasteiger partial charge in [0.05, 0.1) is 17.6 Å². The molecule has 0 radical (unpaired) electrons. The molecule has 0 aliphatic heterocycles. The van der Waals surface area contributed by atoms with Crippen LogP contribution in [-0.4, -0.2) is 27.8 Å².